The van der Waals surface area contributed by atoms with Crippen molar-refractivity contribution in [3.8, 4) is 0 Å². The fourth-order valence-corrected chi connectivity index (χ4v) is 3.20. The summed E-state index contributed by atoms with van der Waals surface area (Å²) < 4.78 is 18.8. The van der Waals surface area contributed by atoms with Gasteiger partial charge in [0.25, 0.3) is 0 Å². The Bertz CT molecular complexity index is 806. The van der Waals surface area contributed by atoms with E-state index >= 15 is 0 Å². The molecule has 0 aliphatic carbocycles. The first kappa shape index (κ1) is 18.1. The van der Waals surface area contributed by atoms with Crippen LogP contribution in [0.5, 0.6) is 0 Å². The Kier molecular flexibility index (Phi) is 4.66. The first-order valence-electron chi connectivity index (χ1n) is 8.70. The third kappa shape index (κ3) is 3.71. The van der Waals surface area contributed by atoms with Crippen LogP contribution in [0.3, 0.4) is 0 Å². The maximum Gasteiger partial charge on any atom is 0.224 e. The fraction of sp³-hybridized carbons (Fsp3) is 0.647. The van der Waals surface area contributed by atoms with Crippen LogP contribution in [0.4, 0.5) is 0 Å². The van der Waals surface area contributed by atoms with Gasteiger partial charge in [0, 0.05) is 24.7 Å². The molecule has 0 amide bonds. The lowest BCUT2D eigenvalue weighted by atomic mass is 10.1. The number of aromatic nitrogens is 3. The van der Waals surface area contributed by atoms with E-state index in [-0.39, 0.29) is 29.5 Å². The van der Waals surface area contributed by atoms with E-state index in [1.165, 1.54) is 0 Å². The standard InChI is InChI=1S/C17H23ClN4O4/c1-17(2,3)26-15-14(25-15)19-4-5-22-10(12-11(23)8-24-12)6-9-7-20-16(18)21-13(9)22/h6-7,11-12,14-15,19,23H,4-5,8H2,1-3H3. The number of rotatable bonds is 6. The molecule has 8 nitrogen and oxygen atoms in total. The molecule has 2 aromatic rings. The van der Waals surface area contributed by atoms with E-state index < -0.39 is 6.10 Å². The molecule has 4 atom stereocenters. The van der Waals surface area contributed by atoms with Gasteiger partial charge in [0.1, 0.15) is 17.9 Å². The molecule has 2 fully saturated rings. The molecule has 2 aliphatic rings. The zero-order chi connectivity index (χ0) is 18.5. The summed E-state index contributed by atoms with van der Waals surface area (Å²) in [5.74, 6) is 0. The van der Waals surface area contributed by atoms with Crippen LogP contribution < -0.4 is 5.32 Å². The molecule has 26 heavy (non-hydrogen) atoms. The third-order valence-electron chi connectivity index (χ3n) is 4.33. The Morgan fingerprint density at radius 1 is 1.46 bits per heavy atom. The smallest absolute Gasteiger partial charge is 0.224 e. The molecule has 0 radical (unpaired) electrons. The summed E-state index contributed by atoms with van der Waals surface area (Å²) in [6.07, 6.45) is 0.496. The van der Waals surface area contributed by atoms with Gasteiger partial charge in [-0.05, 0) is 38.4 Å². The van der Waals surface area contributed by atoms with Crippen LogP contribution in [0.25, 0.3) is 11.0 Å². The molecule has 2 N–H and O–H groups in total. The van der Waals surface area contributed by atoms with E-state index in [1.807, 2.05) is 31.4 Å². The van der Waals surface area contributed by atoms with E-state index in [2.05, 4.69) is 15.3 Å². The second kappa shape index (κ2) is 6.70. The number of nitrogens with one attached hydrogen (secondary N) is 1. The van der Waals surface area contributed by atoms with Crippen molar-refractivity contribution in [1.82, 2.24) is 19.9 Å². The van der Waals surface area contributed by atoms with Gasteiger partial charge in [-0.1, -0.05) is 0 Å². The van der Waals surface area contributed by atoms with Gasteiger partial charge in [0.2, 0.25) is 5.28 Å². The van der Waals surface area contributed by atoms with Crippen molar-refractivity contribution in [3.63, 3.8) is 0 Å². The van der Waals surface area contributed by atoms with Crippen molar-refractivity contribution in [1.29, 1.82) is 0 Å². The molecule has 2 aromatic heterocycles. The zero-order valence-corrected chi connectivity index (χ0v) is 15.7. The van der Waals surface area contributed by atoms with Gasteiger partial charge in [-0.15, -0.1) is 0 Å². The second-order valence-electron chi connectivity index (χ2n) is 7.57. The summed E-state index contributed by atoms with van der Waals surface area (Å²) in [6, 6.07) is 1.94. The highest BCUT2D eigenvalue weighted by atomic mass is 35.5. The number of epoxide rings is 1. The van der Waals surface area contributed by atoms with Crippen molar-refractivity contribution in [3.05, 3.63) is 23.2 Å². The molecule has 2 saturated heterocycles. The summed E-state index contributed by atoms with van der Waals surface area (Å²) in [6.45, 7) is 7.61. The van der Waals surface area contributed by atoms with E-state index in [9.17, 15) is 5.11 Å². The lowest BCUT2D eigenvalue weighted by Crippen LogP contribution is -2.39. The number of ether oxygens (including phenoxy) is 3. The minimum absolute atomic E-state index is 0.108. The van der Waals surface area contributed by atoms with Crippen LogP contribution in [0.1, 0.15) is 32.6 Å². The fourth-order valence-electron chi connectivity index (χ4n) is 3.07. The van der Waals surface area contributed by atoms with Crippen LogP contribution in [0.15, 0.2) is 12.3 Å². The topological polar surface area (TPSA) is 94.0 Å². The predicted molar refractivity (Wildman–Crippen MR) is 94.7 cm³/mol. The van der Waals surface area contributed by atoms with E-state index in [0.29, 0.717) is 19.7 Å². The zero-order valence-electron chi connectivity index (χ0n) is 15.0. The second-order valence-corrected chi connectivity index (χ2v) is 7.91. The number of halogens is 1. The summed E-state index contributed by atoms with van der Waals surface area (Å²) >= 11 is 5.96. The Balaban J connectivity index is 1.45. The monoisotopic (exact) mass is 382 g/mol. The molecular weight excluding hydrogens is 360 g/mol. The van der Waals surface area contributed by atoms with Gasteiger partial charge in [-0.25, -0.2) is 4.98 Å². The van der Waals surface area contributed by atoms with Gasteiger partial charge in [-0.2, -0.15) is 4.98 Å². The molecule has 0 saturated carbocycles. The average molecular weight is 383 g/mol. The highest BCUT2D eigenvalue weighted by Crippen LogP contribution is 2.33. The Labute approximate surface area is 156 Å². The van der Waals surface area contributed by atoms with Crippen LogP contribution in [-0.2, 0) is 20.8 Å². The van der Waals surface area contributed by atoms with Gasteiger partial charge >= 0.3 is 0 Å². The molecule has 2 aliphatic heterocycles. The average Bonchev–Trinajstić information content (AvgIpc) is 3.17. The number of fused-ring (bicyclic) bond motifs is 1. The van der Waals surface area contributed by atoms with E-state index in [1.54, 1.807) is 6.20 Å². The van der Waals surface area contributed by atoms with Gasteiger partial charge < -0.3 is 23.9 Å². The molecule has 0 spiro atoms. The Morgan fingerprint density at radius 3 is 2.92 bits per heavy atom. The summed E-state index contributed by atoms with van der Waals surface area (Å²) in [4.78, 5) is 8.37. The van der Waals surface area contributed by atoms with Gasteiger partial charge in [0.15, 0.2) is 12.5 Å². The van der Waals surface area contributed by atoms with E-state index in [4.69, 9.17) is 25.8 Å². The molecule has 4 rings (SSSR count). The Hall–Kier alpha value is -1.29. The molecule has 0 bridgehead atoms. The molecule has 9 heteroatoms. The maximum absolute atomic E-state index is 9.98. The highest BCUT2D eigenvalue weighted by Gasteiger charge is 2.42. The highest BCUT2D eigenvalue weighted by molar-refractivity contribution is 6.28. The predicted octanol–water partition coefficient (Wildman–Crippen LogP) is 1.60. The molecule has 4 heterocycles. The number of aliphatic hydroxyl groups is 1. The van der Waals surface area contributed by atoms with E-state index in [0.717, 1.165) is 16.7 Å². The maximum atomic E-state index is 9.98. The first-order chi connectivity index (χ1) is 12.3. The van der Waals surface area contributed by atoms with Gasteiger partial charge in [-0.3, -0.25) is 5.32 Å². The number of aliphatic hydroxyl groups excluding tert-OH is 1. The lowest BCUT2D eigenvalue weighted by Gasteiger charge is -2.33. The lowest BCUT2D eigenvalue weighted by molar-refractivity contribution is -0.168. The van der Waals surface area contributed by atoms with Crippen molar-refractivity contribution >= 4 is 22.6 Å². The minimum Gasteiger partial charge on any atom is -0.388 e. The number of hydrogen-bond acceptors (Lipinski definition) is 7. The van der Waals surface area contributed by atoms with Crippen LogP contribution in [0.2, 0.25) is 5.28 Å². The first-order valence-corrected chi connectivity index (χ1v) is 9.08. The number of hydrogen-bond donors (Lipinski definition) is 2. The molecular formula is C17H23ClN4O4. The SMILES string of the molecule is CC(C)(C)OC1OC1NCCn1c(C2OCC2O)cc2cnc(Cl)nc21. The number of nitrogens with zero attached hydrogens (tertiary/aromatic N) is 3. The van der Waals surface area contributed by atoms with Crippen LogP contribution in [0, 0.1) is 0 Å². The van der Waals surface area contributed by atoms with Crippen molar-refractivity contribution in [2.45, 2.75) is 57.6 Å². The van der Waals surface area contributed by atoms with Crippen molar-refractivity contribution < 1.29 is 19.3 Å². The minimum atomic E-state index is -0.509. The molecule has 0 aromatic carbocycles. The van der Waals surface area contributed by atoms with Crippen LogP contribution in [-0.4, -0.2) is 57.0 Å². The third-order valence-corrected chi connectivity index (χ3v) is 4.51. The van der Waals surface area contributed by atoms with Crippen molar-refractivity contribution in [2.75, 3.05) is 13.2 Å². The Morgan fingerprint density at radius 2 is 2.27 bits per heavy atom. The quantitative estimate of drug-likeness (QED) is 0.579. The van der Waals surface area contributed by atoms with Crippen LogP contribution >= 0.6 is 11.6 Å². The van der Waals surface area contributed by atoms with Crippen molar-refractivity contribution in [2.24, 2.45) is 0 Å². The molecule has 142 valence electrons. The molecule has 4 unspecified atom stereocenters. The largest absolute Gasteiger partial charge is 0.388 e. The summed E-state index contributed by atoms with van der Waals surface area (Å²) in [5.41, 5.74) is 1.36. The normalized spacial score (nSPS) is 28.3. The summed E-state index contributed by atoms with van der Waals surface area (Å²) in [5, 5.41) is 14.3. The van der Waals surface area contributed by atoms with Gasteiger partial charge in [0.05, 0.1) is 17.9 Å². The summed E-state index contributed by atoms with van der Waals surface area (Å²) in [7, 11) is 0.